The Labute approximate surface area is 135 Å². The second-order valence-corrected chi connectivity index (χ2v) is 5.67. The number of rotatable bonds is 8. The van der Waals surface area contributed by atoms with Gasteiger partial charge in [0.15, 0.2) is 0 Å². The smallest absolute Gasteiger partial charge is 0.0727 e. The number of anilines is 1. The molecule has 0 fully saturated rings. The Morgan fingerprint density at radius 3 is 2.14 bits per heavy atom. The molecule has 0 saturated heterocycles. The minimum atomic E-state index is 0.259. The summed E-state index contributed by atoms with van der Waals surface area (Å²) in [5, 5.41) is 3.72. The van der Waals surface area contributed by atoms with Crippen molar-refractivity contribution in [3.63, 3.8) is 0 Å². The van der Waals surface area contributed by atoms with Crippen molar-refractivity contribution in [3.8, 4) is 0 Å². The van der Waals surface area contributed by atoms with Gasteiger partial charge in [-0.15, -0.1) is 0 Å². The van der Waals surface area contributed by atoms with E-state index in [0.29, 0.717) is 0 Å². The molecule has 1 atom stereocenters. The van der Waals surface area contributed by atoms with Crippen molar-refractivity contribution in [1.29, 1.82) is 0 Å². The first-order valence-corrected chi connectivity index (χ1v) is 8.40. The summed E-state index contributed by atoms with van der Waals surface area (Å²) in [5.74, 6) is 0. The molecule has 0 aliphatic rings. The van der Waals surface area contributed by atoms with Crippen molar-refractivity contribution in [2.45, 2.75) is 45.6 Å². The lowest BCUT2D eigenvalue weighted by atomic mass is 9.93. The molecule has 2 rings (SSSR count). The summed E-state index contributed by atoms with van der Waals surface area (Å²) < 4.78 is 0. The maximum absolute atomic E-state index is 3.72. The number of hydrogen-bond acceptors (Lipinski definition) is 1. The quantitative estimate of drug-likeness (QED) is 0.558. The molecule has 0 heterocycles. The van der Waals surface area contributed by atoms with Crippen LogP contribution in [0.25, 0.3) is 0 Å². The predicted octanol–water partition coefficient (Wildman–Crippen LogP) is 6.37. The van der Waals surface area contributed by atoms with Crippen LogP contribution in [0, 0.1) is 0 Å². The number of unbranched alkanes of at least 4 members (excludes halogenated alkanes) is 1. The molecule has 0 amide bonds. The van der Waals surface area contributed by atoms with Gasteiger partial charge in [0, 0.05) is 5.69 Å². The molecule has 0 bridgehead atoms. The third-order valence-electron chi connectivity index (χ3n) is 3.82. The van der Waals surface area contributed by atoms with Crippen molar-refractivity contribution >= 4 is 5.69 Å². The Hall–Kier alpha value is -2.02. The van der Waals surface area contributed by atoms with Gasteiger partial charge in [-0.1, -0.05) is 81.3 Å². The average molecular weight is 293 g/mol. The van der Waals surface area contributed by atoms with Crippen molar-refractivity contribution in [3.05, 3.63) is 77.9 Å². The molecule has 1 nitrogen and oxygen atoms in total. The zero-order valence-electron chi connectivity index (χ0n) is 13.8. The van der Waals surface area contributed by atoms with Crippen LogP contribution in [0.4, 0.5) is 5.69 Å². The summed E-state index contributed by atoms with van der Waals surface area (Å²) in [6.07, 6.45) is 7.08. The summed E-state index contributed by atoms with van der Waals surface area (Å²) in [4.78, 5) is 0. The number of nitrogens with one attached hydrogen (secondary N) is 1. The fourth-order valence-electron chi connectivity index (χ4n) is 2.72. The van der Waals surface area contributed by atoms with Crippen LogP contribution in [0.3, 0.4) is 0 Å². The van der Waals surface area contributed by atoms with Crippen molar-refractivity contribution < 1.29 is 0 Å². The zero-order valence-corrected chi connectivity index (χ0v) is 13.8. The highest BCUT2D eigenvalue weighted by Gasteiger charge is 2.15. The fourth-order valence-corrected chi connectivity index (χ4v) is 2.72. The fraction of sp³-hybridized carbons (Fsp3) is 0.333. The summed E-state index contributed by atoms with van der Waals surface area (Å²) >= 11 is 0. The van der Waals surface area contributed by atoms with E-state index in [4.69, 9.17) is 0 Å². The van der Waals surface area contributed by atoms with Crippen molar-refractivity contribution in [1.82, 2.24) is 0 Å². The second kappa shape index (κ2) is 9.09. The first kappa shape index (κ1) is 16.4. The topological polar surface area (TPSA) is 12.0 Å². The average Bonchev–Trinajstić information content (AvgIpc) is 2.58. The number of allylic oxidation sites excluding steroid dienone is 1. The normalized spacial score (nSPS) is 12.9. The van der Waals surface area contributed by atoms with Gasteiger partial charge >= 0.3 is 0 Å². The monoisotopic (exact) mass is 293 g/mol. The molecule has 0 spiro atoms. The van der Waals surface area contributed by atoms with Gasteiger partial charge < -0.3 is 5.32 Å². The summed E-state index contributed by atoms with van der Waals surface area (Å²) in [6.45, 7) is 4.49. The first-order valence-electron chi connectivity index (χ1n) is 8.40. The molecule has 0 aliphatic carbocycles. The molecule has 2 aromatic rings. The third-order valence-corrected chi connectivity index (χ3v) is 3.82. The number of hydrogen-bond donors (Lipinski definition) is 1. The SMILES string of the molecule is CCC/C=C(\CCC)C(Nc1ccccc1)c1ccccc1. The van der Waals surface area contributed by atoms with E-state index < -0.39 is 0 Å². The van der Waals surface area contributed by atoms with Gasteiger partial charge in [-0.3, -0.25) is 0 Å². The third kappa shape index (κ3) is 4.77. The molecule has 22 heavy (non-hydrogen) atoms. The van der Waals surface area contributed by atoms with E-state index >= 15 is 0 Å². The van der Waals surface area contributed by atoms with Crippen LogP contribution >= 0.6 is 0 Å². The van der Waals surface area contributed by atoms with Crippen molar-refractivity contribution in [2.24, 2.45) is 0 Å². The van der Waals surface area contributed by atoms with Gasteiger partial charge in [-0.05, 0) is 36.1 Å². The van der Waals surface area contributed by atoms with Gasteiger partial charge in [0.25, 0.3) is 0 Å². The van der Waals surface area contributed by atoms with Crippen LogP contribution in [0.5, 0.6) is 0 Å². The van der Waals surface area contributed by atoms with Crippen LogP contribution in [-0.2, 0) is 0 Å². The van der Waals surface area contributed by atoms with Gasteiger partial charge in [-0.2, -0.15) is 0 Å². The van der Waals surface area contributed by atoms with Gasteiger partial charge in [-0.25, -0.2) is 0 Å². The van der Waals surface area contributed by atoms with Crippen LogP contribution in [0.1, 0.15) is 51.1 Å². The van der Waals surface area contributed by atoms with Crippen LogP contribution in [-0.4, -0.2) is 0 Å². The molecule has 0 saturated carbocycles. The van der Waals surface area contributed by atoms with E-state index in [1.165, 1.54) is 29.7 Å². The molecular formula is C21H27N. The zero-order chi connectivity index (χ0) is 15.6. The standard InChI is InChI=1S/C21H27N/c1-3-5-13-18(12-4-2)21(19-14-8-6-9-15-19)22-20-16-10-7-11-17-20/h6-11,13-17,21-22H,3-5,12H2,1-2H3/b18-13+. The number of para-hydroxylation sites is 1. The summed E-state index contributed by atoms with van der Waals surface area (Å²) in [7, 11) is 0. The Morgan fingerprint density at radius 1 is 0.909 bits per heavy atom. The Kier molecular flexibility index (Phi) is 6.76. The van der Waals surface area contributed by atoms with Gasteiger partial charge in [0.1, 0.15) is 0 Å². The molecule has 1 N–H and O–H groups in total. The largest absolute Gasteiger partial charge is 0.374 e. The van der Waals surface area contributed by atoms with E-state index in [1.54, 1.807) is 0 Å². The molecule has 0 aromatic heterocycles. The molecule has 2 aromatic carbocycles. The lowest BCUT2D eigenvalue weighted by Crippen LogP contribution is -2.13. The maximum Gasteiger partial charge on any atom is 0.0727 e. The van der Waals surface area contributed by atoms with Gasteiger partial charge in [0.2, 0.25) is 0 Å². The lowest BCUT2D eigenvalue weighted by molar-refractivity contribution is 0.777. The molecule has 116 valence electrons. The van der Waals surface area contributed by atoms with E-state index in [1.807, 2.05) is 0 Å². The maximum atomic E-state index is 3.72. The van der Waals surface area contributed by atoms with Crippen LogP contribution in [0.15, 0.2) is 72.3 Å². The predicted molar refractivity (Wildman–Crippen MR) is 97.1 cm³/mol. The first-order chi connectivity index (χ1) is 10.8. The highest BCUT2D eigenvalue weighted by molar-refractivity contribution is 5.48. The van der Waals surface area contributed by atoms with E-state index in [0.717, 1.165) is 12.8 Å². The summed E-state index contributed by atoms with van der Waals surface area (Å²) in [6, 6.07) is 21.5. The Balaban J connectivity index is 2.31. The van der Waals surface area contributed by atoms with Crippen LogP contribution in [0.2, 0.25) is 0 Å². The van der Waals surface area contributed by atoms with Crippen molar-refractivity contribution in [2.75, 3.05) is 5.32 Å². The Bertz CT molecular complexity index is 557. The second-order valence-electron chi connectivity index (χ2n) is 5.67. The highest BCUT2D eigenvalue weighted by atomic mass is 14.9. The highest BCUT2D eigenvalue weighted by Crippen LogP contribution is 2.29. The number of benzene rings is 2. The molecule has 0 radical (unpaired) electrons. The lowest BCUT2D eigenvalue weighted by Gasteiger charge is -2.24. The summed E-state index contributed by atoms with van der Waals surface area (Å²) in [5.41, 5.74) is 4.01. The van der Waals surface area contributed by atoms with E-state index in [-0.39, 0.29) is 6.04 Å². The molecular weight excluding hydrogens is 266 g/mol. The molecule has 1 heteroatoms. The molecule has 0 aliphatic heterocycles. The van der Waals surface area contributed by atoms with Crippen LogP contribution < -0.4 is 5.32 Å². The van der Waals surface area contributed by atoms with Gasteiger partial charge in [0.05, 0.1) is 6.04 Å². The van der Waals surface area contributed by atoms with E-state index in [9.17, 15) is 0 Å². The minimum absolute atomic E-state index is 0.259. The molecule has 1 unspecified atom stereocenters. The Morgan fingerprint density at radius 2 is 1.55 bits per heavy atom. The minimum Gasteiger partial charge on any atom is -0.374 e. The van der Waals surface area contributed by atoms with E-state index in [2.05, 4.69) is 85.9 Å².